The van der Waals surface area contributed by atoms with Gasteiger partial charge in [-0.1, -0.05) is 30.3 Å². The number of aromatic nitrogens is 2. The molecule has 6 rings (SSSR count). The number of thiazole rings is 1. The lowest BCUT2D eigenvalue weighted by Crippen LogP contribution is -2.46. The molecule has 8 nitrogen and oxygen atoms in total. The average Bonchev–Trinajstić information content (AvgIpc) is 3.57. The van der Waals surface area contributed by atoms with E-state index in [0.717, 1.165) is 49.4 Å². The van der Waals surface area contributed by atoms with Crippen molar-refractivity contribution in [1.82, 2.24) is 25.1 Å². The number of aromatic amines is 1. The fourth-order valence-electron chi connectivity index (χ4n) is 5.09. The molecule has 0 saturated carbocycles. The molecular weight excluding hydrogens is 462 g/mol. The highest BCUT2D eigenvalue weighted by Crippen LogP contribution is 2.33. The number of carbonyl (C=O) groups excluding carboxylic acids is 3. The Hall–Kier alpha value is -3.72. The SMILES string of the molecule is O=C(CN1C(=O)NC(Cc2c[nH]c3ccccc23)C1=O)N1CCCC(c2nc3ccccc3s2)C1. The third kappa shape index (κ3) is 4.05. The van der Waals surface area contributed by atoms with E-state index in [-0.39, 0.29) is 24.3 Å². The van der Waals surface area contributed by atoms with Crippen LogP contribution in [-0.4, -0.2) is 63.3 Å². The summed E-state index contributed by atoms with van der Waals surface area (Å²) in [5, 5.41) is 4.82. The number of carbonyl (C=O) groups is 3. The van der Waals surface area contributed by atoms with Gasteiger partial charge in [0.1, 0.15) is 12.6 Å². The number of nitrogens with one attached hydrogen (secondary N) is 2. The van der Waals surface area contributed by atoms with Crippen LogP contribution < -0.4 is 5.32 Å². The van der Waals surface area contributed by atoms with Crippen LogP contribution in [0.1, 0.15) is 29.3 Å². The molecule has 0 radical (unpaired) electrons. The minimum Gasteiger partial charge on any atom is -0.361 e. The molecule has 2 unspecified atom stereocenters. The fraction of sp³-hybridized carbons (Fsp3) is 0.308. The minimum atomic E-state index is -0.675. The monoisotopic (exact) mass is 487 g/mol. The second kappa shape index (κ2) is 8.81. The van der Waals surface area contributed by atoms with Crippen LogP contribution in [0.15, 0.2) is 54.7 Å². The van der Waals surface area contributed by atoms with Gasteiger partial charge in [-0.2, -0.15) is 0 Å². The highest BCUT2D eigenvalue weighted by atomic mass is 32.1. The predicted molar refractivity (Wildman–Crippen MR) is 134 cm³/mol. The molecular formula is C26H25N5O3S. The molecule has 2 aromatic heterocycles. The number of amides is 4. The van der Waals surface area contributed by atoms with Crippen LogP contribution in [0.3, 0.4) is 0 Å². The van der Waals surface area contributed by atoms with Gasteiger partial charge in [0.05, 0.1) is 15.2 Å². The summed E-state index contributed by atoms with van der Waals surface area (Å²) in [5.41, 5.74) is 2.93. The molecule has 9 heteroatoms. The van der Waals surface area contributed by atoms with Crippen LogP contribution >= 0.6 is 11.3 Å². The van der Waals surface area contributed by atoms with Crippen LogP contribution in [0, 0.1) is 0 Å². The van der Waals surface area contributed by atoms with Gasteiger partial charge in [-0.05, 0) is 36.6 Å². The molecule has 4 aromatic rings. The van der Waals surface area contributed by atoms with E-state index in [1.807, 2.05) is 48.7 Å². The number of imide groups is 1. The second-order valence-corrected chi connectivity index (χ2v) is 10.3. The van der Waals surface area contributed by atoms with Crippen LogP contribution in [0.5, 0.6) is 0 Å². The van der Waals surface area contributed by atoms with Gasteiger partial charge in [-0.3, -0.25) is 14.5 Å². The molecule has 0 aliphatic carbocycles. The average molecular weight is 488 g/mol. The van der Waals surface area contributed by atoms with E-state index in [9.17, 15) is 14.4 Å². The minimum absolute atomic E-state index is 0.169. The van der Waals surface area contributed by atoms with Gasteiger partial charge >= 0.3 is 6.03 Å². The topological polar surface area (TPSA) is 98.4 Å². The number of piperidine rings is 1. The van der Waals surface area contributed by atoms with Crippen LogP contribution in [0.4, 0.5) is 4.79 Å². The van der Waals surface area contributed by atoms with Crippen LogP contribution in [-0.2, 0) is 16.0 Å². The maximum atomic E-state index is 13.1. The molecule has 2 aromatic carbocycles. The largest absolute Gasteiger partial charge is 0.361 e. The number of para-hydroxylation sites is 2. The molecule has 0 bridgehead atoms. The van der Waals surface area contributed by atoms with E-state index >= 15 is 0 Å². The summed E-state index contributed by atoms with van der Waals surface area (Å²) in [5.74, 6) is -0.386. The van der Waals surface area contributed by atoms with E-state index in [4.69, 9.17) is 4.98 Å². The highest BCUT2D eigenvalue weighted by molar-refractivity contribution is 7.18. The maximum Gasteiger partial charge on any atom is 0.325 e. The molecule has 2 saturated heterocycles. The lowest BCUT2D eigenvalue weighted by molar-refractivity contribution is -0.138. The van der Waals surface area contributed by atoms with E-state index in [1.54, 1.807) is 16.2 Å². The van der Waals surface area contributed by atoms with Crippen molar-refractivity contribution >= 4 is 50.3 Å². The summed E-state index contributed by atoms with van der Waals surface area (Å²) in [4.78, 5) is 49.6. The van der Waals surface area contributed by atoms with Crippen LogP contribution in [0.2, 0.25) is 0 Å². The molecule has 4 heterocycles. The Kier molecular flexibility index (Phi) is 5.49. The number of benzene rings is 2. The standard InChI is InChI=1S/C26H25N5O3S/c32-23(30-11-5-6-16(14-30)24-28-20-9-3-4-10-22(20)35-24)15-31-25(33)21(29-26(31)34)12-17-13-27-19-8-2-1-7-18(17)19/h1-4,7-10,13,16,21,27H,5-6,11-12,14-15H2,(H,29,34). The molecule has 2 atom stereocenters. The number of nitrogens with zero attached hydrogens (tertiary/aromatic N) is 3. The van der Waals surface area contributed by atoms with Crippen molar-refractivity contribution in [2.45, 2.75) is 31.2 Å². The first-order valence-corrected chi connectivity index (χ1v) is 12.7. The zero-order valence-electron chi connectivity index (χ0n) is 19.1. The van der Waals surface area contributed by atoms with Gasteiger partial charge in [-0.15, -0.1) is 11.3 Å². The van der Waals surface area contributed by atoms with Gasteiger partial charge in [0.2, 0.25) is 5.91 Å². The molecule has 2 aliphatic rings. The van der Waals surface area contributed by atoms with E-state index < -0.39 is 12.1 Å². The number of likely N-dealkylation sites (tertiary alicyclic amines) is 1. The Morgan fingerprint density at radius 3 is 2.83 bits per heavy atom. The van der Waals surface area contributed by atoms with Gasteiger partial charge < -0.3 is 15.2 Å². The van der Waals surface area contributed by atoms with Gasteiger partial charge in [0, 0.05) is 42.5 Å². The van der Waals surface area contributed by atoms with Crippen LogP contribution in [0.25, 0.3) is 21.1 Å². The Bertz CT molecular complexity index is 1410. The highest BCUT2D eigenvalue weighted by Gasteiger charge is 2.40. The summed E-state index contributed by atoms with van der Waals surface area (Å²) in [6.07, 6.45) is 4.09. The number of rotatable bonds is 5. The van der Waals surface area contributed by atoms with Gasteiger partial charge in [-0.25, -0.2) is 9.78 Å². The quantitative estimate of drug-likeness (QED) is 0.420. The lowest BCUT2D eigenvalue weighted by atomic mass is 9.98. The van der Waals surface area contributed by atoms with Crippen molar-refractivity contribution in [1.29, 1.82) is 0 Å². The summed E-state index contributed by atoms with van der Waals surface area (Å²) < 4.78 is 1.14. The summed E-state index contributed by atoms with van der Waals surface area (Å²) >= 11 is 1.67. The van der Waals surface area contributed by atoms with Crippen molar-refractivity contribution in [2.24, 2.45) is 0 Å². The van der Waals surface area contributed by atoms with Gasteiger partial charge in [0.25, 0.3) is 5.91 Å². The number of hydrogen-bond donors (Lipinski definition) is 2. The van der Waals surface area contributed by atoms with E-state index in [1.165, 1.54) is 0 Å². The van der Waals surface area contributed by atoms with Crippen molar-refractivity contribution in [3.8, 4) is 0 Å². The normalized spacial score (nSPS) is 20.7. The van der Waals surface area contributed by atoms with Crippen molar-refractivity contribution in [3.63, 3.8) is 0 Å². The summed E-state index contributed by atoms with van der Waals surface area (Å²) in [6.45, 7) is 0.950. The second-order valence-electron chi connectivity index (χ2n) is 9.19. The van der Waals surface area contributed by atoms with E-state index in [0.29, 0.717) is 19.5 Å². The molecule has 4 amide bonds. The third-order valence-corrected chi connectivity index (χ3v) is 8.13. The first kappa shape index (κ1) is 21.8. The zero-order valence-corrected chi connectivity index (χ0v) is 19.9. The zero-order chi connectivity index (χ0) is 23.9. The first-order valence-electron chi connectivity index (χ1n) is 11.9. The molecule has 178 valence electrons. The summed E-state index contributed by atoms with van der Waals surface area (Å²) in [6, 6.07) is 14.7. The summed E-state index contributed by atoms with van der Waals surface area (Å²) in [7, 11) is 0. The molecule has 35 heavy (non-hydrogen) atoms. The molecule has 2 fully saturated rings. The Morgan fingerprint density at radius 2 is 1.94 bits per heavy atom. The van der Waals surface area contributed by atoms with Crippen molar-refractivity contribution in [3.05, 3.63) is 65.3 Å². The van der Waals surface area contributed by atoms with Crippen molar-refractivity contribution in [2.75, 3.05) is 19.6 Å². The molecule has 2 N–H and O–H groups in total. The Morgan fingerprint density at radius 1 is 1.11 bits per heavy atom. The molecule has 0 spiro atoms. The van der Waals surface area contributed by atoms with Gasteiger partial charge in [0.15, 0.2) is 0 Å². The first-order chi connectivity index (χ1) is 17.1. The maximum absolute atomic E-state index is 13.1. The smallest absolute Gasteiger partial charge is 0.325 e. The molecule has 2 aliphatic heterocycles. The number of H-pyrrole nitrogens is 1. The number of urea groups is 1. The number of hydrogen-bond acceptors (Lipinski definition) is 5. The number of fused-ring (bicyclic) bond motifs is 2. The predicted octanol–water partition coefficient (Wildman–Crippen LogP) is 3.65. The third-order valence-electron chi connectivity index (χ3n) is 6.93. The lowest BCUT2D eigenvalue weighted by Gasteiger charge is -2.32. The van der Waals surface area contributed by atoms with Crippen molar-refractivity contribution < 1.29 is 14.4 Å². The Balaban J connectivity index is 1.12. The fourth-order valence-corrected chi connectivity index (χ4v) is 6.18. The van der Waals surface area contributed by atoms with E-state index in [2.05, 4.69) is 16.4 Å². The Labute approximate surface area is 205 Å².